The minimum absolute atomic E-state index is 0.0887. The van der Waals surface area contributed by atoms with Gasteiger partial charge in [0.1, 0.15) is 8.07 Å². The van der Waals surface area contributed by atoms with Crippen molar-refractivity contribution in [1.29, 1.82) is 0 Å². The third-order valence-electron chi connectivity index (χ3n) is 8.27. The molecule has 186 valence electrons. The third kappa shape index (κ3) is 5.18. The summed E-state index contributed by atoms with van der Waals surface area (Å²) in [5.74, 6) is 0. The van der Waals surface area contributed by atoms with Crippen LogP contribution >= 0.6 is 0 Å². The van der Waals surface area contributed by atoms with Crippen LogP contribution in [0.25, 0.3) is 0 Å². The lowest BCUT2D eigenvalue weighted by Gasteiger charge is -2.50. The average Bonchev–Trinajstić information content (AvgIpc) is 2.88. The van der Waals surface area contributed by atoms with Crippen molar-refractivity contribution in [1.82, 2.24) is 0 Å². The number of ether oxygens (including phenoxy) is 1. The molecule has 35 heavy (non-hydrogen) atoms. The maximum absolute atomic E-state index is 10.8. The predicted octanol–water partition coefficient (Wildman–Crippen LogP) is 6.33. The van der Waals surface area contributed by atoms with Crippen molar-refractivity contribution in [2.45, 2.75) is 82.1 Å². The lowest BCUT2D eigenvalue weighted by atomic mass is 9.70. The van der Waals surface area contributed by atoms with E-state index in [9.17, 15) is 5.11 Å². The Morgan fingerprint density at radius 3 is 1.74 bits per heavy atom. The number of hydrogen-bond donors (Lipinski definition) is 1. The van der Waals surface area contributed by atoms with Crippen molar-refractivity contribution in [3.63, 3.8) is 0 Å². The zero-order valence-electron chi connectivity index (χ0n) is 21.9. The van der Waals surface area contributed by atoms with Crippen LogP contribution in [0.3, 0.4) is 0 Å². The van der Waals surface area contributed by atoms with Gasteiger partial charge in [0, 0.05) is 5.41 Å². The van der Waals surface area contributed by atoms with Crippen LogP contribution in [0.5, 0.6) is 0 Å². The largest absolute Gasteiger partial charge is 0.395 e. The Kier molecular flexibility index (Phi) is 8.00. The lowest BCUT2D eigenvalue weighted by molar-refractivity contribution is -0.0862. The Hall–Kier alpha value is -2.20. The minimum Gasteiger partial charge on any atom is -0.395 e. The highest BCUT2D eigenvalue weighted by molar-refractivity contribution is 7.04. The normalized spacial score (nSPS) is 23.2. The molecule has 0 aliphatic carbocycles. The molecule has 4 rings (SSSR count). The molecule has 1 heterocycles. The van der Waals surface area contributed by atoms with Gasteiger partial charge in [-0.25, -0.2) is 0 Å². The molecule has 0 aromatic heterocycles. The van der Waals surface area contributed by atoms with Crippen LogP contribution < -0.4 is 10.4 Å². The maximum Gasteiger partial charge on any atom is 0.125 e. The summed E-state index contributed by atoms with van der Waals surface area (Å²) < 4.78 is 6.92. The quantitative estimate of drug-likeness (QED) is 0.377. The molecule has 0 bridgehead atoms. The van der Waals surface area contributed by atoms with Gasteiger partial charge in [-0.05, 0) is 35.9 Å². The molecule has 1 fully saturated rings. The Labute approximate surface area is 213 Å². The standard InChI is InChI=1S/C32H42O2Si/c1-5-15-27-22-32(25-33,26-16-9-6-10-17-26)23-28(34-27)24-35(31(2,3)4,29-18-11-7-12-19-29)30-20-13-8-14-21-30/h6-14,16-21,27-28,33H,5,15,22-25H2,1-4H3/t27-,28-,32+/m0/s1. The second-order valence-electron chi connectivity index (χ2n) is 11.5. The summed E-state index contributed by atoms with van der Waals surface area (Å²) in [7, 11) is -2.27. The van der Waals surface area contributed by atoms with Gasteiger partial charge >= 0.3 is 0 Å². The van der Waals surface area contributed by atoms with Gasteiger partial charge in [-0.3, -0.25) is 0 Å². The van der Waals surface area contributed by atoms with Crippen LogP contribution in [0, 0.1) is 0 Å². The highest BCUT2D eigenvalue weighted by atomic mass is 28.3. The van der Waals surface area contributed by atoms with Crippen LogP contribution in [-0.2, 0) is 10.2 Å². The molecule has 1 N–H and O–H groups in total. The van der Waals surface area contributed by atoms with E-state index in [2.05, 4.69) is 119 Å². The van der Waals surface area contributed by atoms with Crippen LogP contribution in [0.4, 0.5) is 0 Å². The van der Waals surface area contributed by atoms with Gasteiger partial charge in [-0.15, -0.1) is 0 Å². The van der Waals surface area contributed by atoms with Crippen LogP contribution in [0.1, 0.15) is 58.9 Å². The van der Waals surface area contributed by atoms with E-state index >= 15 is 0 Å². The van der Waals surface area contributed by atoms with Gasteiger partial charge in [-0.2, -0.15) is 0 Å². The van der Waals surface area contributed by atoms with E-state index < -0.39 is 8.07 Å². The van der Waals surface area contributed by atoms with E-state index in [1.54, 1.807) is 0 Å². The minimum atomic E-state index is -2.27. The molecule has 0 spiro atoms. The lowest BCUT2D eigenvalue weighted by Crippen LogP contribution is -2.66. The average molecular weight is 487 g/mol. The van der Waals surface area contributed by atoms with E-state index in [0.29, 0.717) is 0 Å². The SMILES string of the molecule is CCC[C@H]1C[C@@](CO)(c2ccccc2)C[C@@H](C[Si](c2ccccc2)(c2ccccc2)C(C)(C)C)O1. The molecule has 1 aliphatic rings. The summed E-state index contributed by atoms with van der Waals surface area (Å²) in [6.45, 7) is 9.66. The molecule has 0 amide bonds. The molecule has 2 nitrogen and oxygen atoms in total. The molecule has 3 atom stereocenters. The van der Waals surface area contributed by atoms with Crippen LogP contribution in [-0.4, -0.2) is 32.0 Å². The fourth-order valence-electron chi connectivity index (χ4n) is 6.54. The fourth-order valence-corrected chi connectivity index (χ4v) is 12.1. The highest BCUT2D eigenvalue weighted by Crippen LogP contribution is 2.46. The number of aliphatic hydroxyl groups excluding tert-OH is 1. The van der Waals surface area contributed by atoms with Gasteiger partial charge in [0.2, 0.25) is 0 Å². The topological polar surface area (TPSA) is 29.5 Å². The van der Waals surface area contributed by atoms with Crippen LogP contribution in [0.2, 0.25) is 11.1 Å². The first-order chi connectivity index (χ1) is 16.8. The van der Waals surface area contributed by atoms with Crippen LogP contribution in [0.15, 0.2) is 91.0 Å². The smallest absolute Gasteiger partial charge is 0.125 e. The first kappa shape index (κ1) is 25.9. The zero-order valence-corrected chi connectivity index (χ0v) is 22.9. The molecule has 3 aromatic carbocycles. The van der Waals surface area contributed by atoms with E-state index in [0.717, 1.165) is 31.7 Å². The summed E-state index contributed by atoms with van der Waals surface area (Å²) in [4.78, 5) is 0. The summed E-state index contributed by atoms with van der Waals surface area (Å²) in [6, 6.07) is 34.1. The van der Waals surface area contributed by atoms with Gasteiger partial charge in [0.15, 0.2) is 0 Å². The molecule has 1 aliphatic heterocycles. The first-order valence-corrected chi connectivity index (χ1v) is 15.5. The second kappa shape index (κ2) is 10.8. The van der Waals surface area contributed by atoms with Gasteiger partial charge in [0.05, 0.1) is 18.8 Å². The van der Waals surface area contributed by atoms with Gasteiger partial charge in [-0.1, -0.05) is 135 Å². The third-order valence-corrected chi connectivity index (χ3v) is 14.5. The molecule has 0 radical (unpaired) electrons. The number of aliphatic hydroxyl groups is 1. The highest BCUT2D eigenvalue weighted by Gasteiger charge is 2.51. The fraction of sp³-hybridized carbons (Fsp3) is 0.438. The van der Waals surface area contributed by atoms with Crippen molar-refractivity contribution < 1.29 is 9.84 Å². The Balaban J connectivity index is 1.82. The predicted molar refractivity (Wildman–Crippen MR) is 150 cm³/mol. The monoisotopic (exact) mass is 486 g/mol. The number of rotatable bonds is 8. The van der Waals surface area contributed by atoms with Crippen molar-refractivity contribution in [2.75, 3.05) is 6.61 Å². The molecule has 0 saturated carbocycles. The molecule has 1 saturated heterocycles. The molecule has 0 unspecified atom stereocenters. The van der Waals surface area contributed by atoms with E-state index in [4.69, 9.17) is 4.74 Å². The number of benzene rings is 3. The molecule has 3 aromatic rings. The van der Waals surface area contributed by atoms with E-state index in [1.807, 2.05) is 0 Å². The summed E-state index contributed by atoms with van der Waals surface area (Å²) in [5, 5.41) is 13.9. The van der Waals surface area contributed by atoms with Gasteiger partial charge in [0.25, 0.3) is 0 Å². The Morgan fingerprint density at radius 1 is 0.800 bits per heavy atom. The maximum atomic E-state index is 10.8. The molecular weight excluding hydrogens is 444 g/mol. The Morgan fingerprint density at radius 2 is 1.29 bits per heavy atom. The molecular formula is C32H42O2Si. The van der Waals surface area contributed by atoms with Gasteiger partial charge < -0.3 is 9.84 Å². The summed E-state index contributed by atoms with van der Waals surface area (Å²) in [5.41, 5.74) is 0.995. The first-order valence-electron chi connectivity index (χ1n) is 13.3. The second-order valence-corrected chi connectivity index (χ2v) is 16.3. The van der Waals surface area contributed by atoms with E-state index in [-0.39, 0.29) is 29.3 Å². The zero-order chi connectivity index (χ0) is 24.9. The number of hydrogen-bond acceptors (Lipinski definition) is 2. The van der Waals surface area contributed by atoms with Crippen molar-refractivity contribution in [3.8, 4) is 0 Å². The Bertz CT molecular complexity index is 1010. The summed E-state index contributed by atoms with van der Waals surface area (Å²) >= 11 is 0. The van der Waals surface area contributed by atoms with Crippen molar-refractivity contribution >= 4 is 18.4 Å². The van der Waals surface area contributed by atoms with Crippen molar-refractivity contribution in [3.05, 3.63) is 96.6 Å². The molecule has 3 heteroatoms. The van der Waals surface area contributed by atoms with Crippen molar-refractivity contribution in [2.24, 2.45) is 0 Å². The van der Waals surface area contributed by atoms with E-state index in [1.165, 1.54) is 15.9 Å². The summed E-state index contributed by atoms with van der Waals surface area (Å²) in [6.07, 6.45) is 4.14.